The highest BCUT2D eigenvalue weighted by Gasteiger charge is 2.27. The van der Waals surface area contributed by atoms with Crippen molar-refractivity contribution in [2.24, 2.45) is 0 Å². The van der Waals surface area contributed by atoms with Gasteiger partial charge in [0.1, 0.15) is 0 Å². The molecule has 2 N–H and O–H groups in total. The Hall–Kier alpha value is -1.10. The van der Waals surface area contributed by atoms with Crippen LogP contribution in [0.5, 0.6) is 0 Å². The summed E-state index contributed by atoms with van der Waals surface area (Å²) in [5, 5.41) is 13.5. The molecule has 0 heterocycles. The highest BCUT2D eigenvalue weighted by molar-refractivity contribution is 6.31. The van der Waals surface area contributed by atoms with Gasteiger partial charge in [-0.1, -0.05) is 30.5 Å². The predicted molar refractivity (Wildman–Crippen MR) is 85.7 cm³/mol. The molecule has 2 rings (SSSR count). The van der Waals surface area contributed by atoms with Crippen LogP contribution in [0.4, 0.5) is 5.69 Å². The lowest BCUT2D eigenvalue weighted by molar-refractivity contribution is -0.118. The summed E-state index contributed by atoms with van der Waals surface area (Å²) in [6.07, 6.45) is 3.62. The second-order valence-electron chi connectivity index (χ2n) is 5.84. The molecule has 0 bridgehead atoms. The lowest BCUT2D eigenvalue weighted by Gasteiger charge is -2.34. The fourth-order valence-corrected chi connectivity index (χ4v) is 3.04. The van der Waals surface area contributed by atoms with Gasteiger partial charge < -0.3 is 10.4 Å². The molecule has 5 heteroatoms. The molecule has 1 aromatic rings. The number of rotatable bonds is 4. The lowest BCUT2D eigenvalue weighted by atomic mass is 9.91. The Labute approximate surface area is 131 Å². The van der Waals surface area contributed by atoms with Crippen LogP contribution < -0.4 is 5.32 Å². The molecule has 1 saturated carbocycles. The number of aryl methyl sites for hydroxylation is 1. The molecule has 1 amide bonds. The van der Waals surface area contributed by atoms with E-state index in [4.69, 9.17) is 11.6 Å². The van der Waals surface area contributed by atoms with E-state index in [0.29, 0.717) is 5.02 Å². The minimum atomic E-state index is -0.329. The van der Waals surface area contributed by atoms with Gasteiger partial charge in [0.2, 0.25) is 5.91 Å². The molecule has 1 aliphatic rings. The number of anilines is 1. The van der Waals surface area contributed by atoms with Crippen LogP contribution in [0.3, 0.4) is 0 Å². The molecule has 0 saturated heterocycles. The van der Waals surface area contributed by atoms with E-state index in [1.165, 1.54) is 0 Å². The van der Waals surface area contributed by atoms with Crippen LogP contribution in [-0.4, -0.2) is 41.7 Å². The van der Waals surface area contributed by atoms with Crippen molar-refractivity contribution >= 4 is 23.2 Å². The van der Waals surface area contributed by atoms with Gasteiger partial charge in [0.25, 0.3) is 0 Å². The Balaban J connectivity index is 1.93. The largest absolute Gasteiger partial charge is 0.391 e. The van der Waals surface area contributed by atoms with Crippen LogP contribution in [0.25, 0.3) is 0 Å². The van der Waals surface area contributed by atoms with Crippen molar-refractivity contribution in [3.63, 3.8) is 0 Å². The van der Waals surface area contributed by atoms with E-state index in [2.05, 4.69) is 5.32 Å². The molecule has 21 heavy (non-hydrogen) atoms. The van der Waals surface area contributed by atoms with Gasteiger partial charge in [-0.05, 0) is 44.5 Å². The highest BCUT2D eigenvalue weighted by Crippen LogP contribution is 2.23. The van der Waals surface area contributed by atoms with Gasteiger partial charge >= 0.3 is 0 Å². The Morgan fingerprint density at radius 3 is 2.86 bits per heavy atom. The maximum atomic E-state index is 12.2. The van der Waals surface area contributed by atoms with Crippen molar-refractivity contribution in [2.45, 2.75) is 44.8 Å². The highest BCUT2D eigenvalue weighted by atomic mass is 35.5. The number of amides is 1. The minimum absolute atomic E-state index is 0.0740. The van der Waals surface area contributed by atoms with E-state index in [0.717, 1.165) is 36.9 Å². The van der Waals surface area contributed by atoms with Crippen LogP contribution in [0.2, 0.25) is 5.02 Å². The first-order valence-corrected chi connectivity index (χ1v) is 7.79. The summed E-state index contributed by atoms with van der Waals surface area (Å²) in [4.78, 5) is 14.1. The van der Waals surface area contributed by atoms with Gasteiger partial charge in [-0.25, -0.2) is 0 Å². The van der Waals surface area contributed by atoms with Gasteiger partial charge in [-0.15, -0.1) is 0 Å². The summed E-state index contributed by atoms with van der Waals surface area (Å²) in [6, 6.07) is 5.51. The Kier molecular flexibility index (Phi) is 5.62. The first kappa shape index (κ1) is 16.3. The van der Waals surface area contributed by atoms with Crippen LogP contribution in [-0.2, 0) is 4.79 Å². The van der Waals surface area contributed by atoms with Gasteiger partial charge in [-0.2, -0.15) is 0 Å². The van der Waals surface area contributed by atoms with Crippen molar-refractivity contribution in [2.75, 3.05) is 18.9 Å². The summed E-state index contributed by atoms with van der Waals surface area (Å²) < 4.78 is 0. The van der Waals surface area contributed by atoms with Gasteiger partial charge in [-0.3, -0.25) is 9.69 Å². The van der Waals surface area contributed by atoms with Crippen molar-refractivity contribution < 1.29 is 9.90 Å². The number of carbonyl (C=O) groups excluding carboxylic acids is 1. The summed E-state index contributed by atoms with van der Waals surface area (Å²) >= 11 is 5.95. The summed E-state index contributed by atoms with van der Waals surface area (Å²) in [5.74, 6) is -0.0827. The summed E-state index contributed by atoms with van der Waals surface area (Å²) in [7, 11) is 1.89. The molecule has 1 fully saturated rings. The molecule has 0 aliphatic heterocycles. The molecule has 116 valence electrons. The third-order valence-corrected chi connectivity index (χ3v) is 4.36. The van der Waals surface area contributed by atoms with E-state index in [1.54, 1.807) is 12.1 Å². The predicted octanol–water partition coefficient (Wildman–Crippen LogP) is 2.82. The zero-order valence-electron chi connectivity index (χ0n) is 12.6. The molecule has 0 spiro atoms. The van der Waals surface area contributed by atoms with Crippen LogP contribution >= 0.6 is 11.6 Å². The topological polar surface area (TPSA) is 52.6 Å². The number of aliphatic hydroxyl groups excluding tert-OH is 1. The van der Waals surface area contributed by atoms with E-state index in [-0.39, 0.29) is 24.6 Å². The standard InChI is InChI=1S/C16H23ClN2O2/c1-11-7-8-12(17)9-13(11)18-16(21)10-19(2)14-5-3-4-6-15(14)20/h7-9,14-15,20H,3-6,10H2,1-2H3,(H,18,21). The normalized spacial score (nSPS) is 22.3. The Morgan fingerprint density at radius 1 is 1.43 bits per heavy atom. The van der Waals surface area contributed by atoms with Crippen LogP contribution in [0.15, 0.2) is 18.2 Å². The average Bonchev–Trinajstić information content (AvgIpc) is 2.43. The van der Waals surface area contributed by atoms with Crippen LogP contribution in [0.1, 0.15) is 31.2 Å². The third kappa shape index (κ3) is 4.43. The quantitative estimate of drug-likeness (QED) is 0.899. The van der Waals surface area contributed by atoms with Crippen molar-refractivity contribution in [1.29, 1.82) is 0 Å². The number of carbonyl (C=O) groups is 1. The zero-order chi connectivity index (χ0) is 15.4. The Morgan fingerprint density at radius 2 is 2.14 bits per heavy atom. The first-order valence-electron chi connectivity index (χ1n) is 7.41. The van der Waals surface area contributed by atoms with Gasteiger partial charge in [0.05, 0.1) is 12.6 Å². The summed E-state index contributed by atoms with van der Waals surface area (Å²) in [5.41, 5.74) is 1.72. The maximum absolute atomic E-state index is 12.2. The first-order chi connectivity index (χ1) is 9.97. The molecule has 2 atom stereocenters. The number of likely N-dealkylation sites (N-methyl/N-ethyl adjacent to an activating group) is 1. The molecular formula is C16H23ClN2O2. The fourth-order valence-electron chi connectivity index (χ4n) is 2.87. The molecule has 0 radical (unpaired) electrons. The fraction of sp³-hybridized carbons (Fsp3) is 0.562. The number of hydrogen-bond donors (Lipinski definition) is 2. The number of nitrogens with one attached hydrogen (secondary N) is 1. The third-order valence-electron chi connectivity index (χ3n) is 4.13. The number of aliphatic hydroxyl groups is 1. The zero-order valence-corrected chi connectivity index (χ0v) is 13.4. The number of halogens is 1. The monoisotopic (exact) mass is 310 g/mol. The molecule has 1 aromatic carbocycles. The average molecular weight is 311 g/mol. The molecular weight excluding hydrogens is 288 g/mol. The van der Waals surface area contributed by atoms with Crippen molar-refractivity contribution in [3.8, 4) is 0 Å². The van der Waals surface area contributed by atoms with E-state index in [1.807, 2.05) is 24.9 Å². The molecule has 4 nitrogen and oxygen atoms in total. The van der Waals surface area contributed by atoms with Crippen molar-refractivity contribution in [3.05, 3.63) is 28.8 Å². The van der Waals surface area contributed by atoms with E-state index in [9.17, 15) is 9.90 Å². The SMILES string of the molecule is Cc1ccc(Cl)cc1NC(=O)CN(C)C1CCCCC1O. The number of nitrogens with zero attached hydrogens (tertiary/aromatic N) is 1. The maximum Gasteiger partial charge on any atom is 0.238 e. The van der Waals surface area contributed by atoms with E-state index >= 15 is 0 Å². The Bertz CT molecular complexity index is 507. The van der Waals surface area contributed by atoms with Gasteiger partial charge in [0, 0.05) is 16.8 Å². The smallest absolute Gasteiger partial charge is 0.238 e. The molecule has 0 aromatic heterocycles. The van der Waals surface area contributed by atoms with E-state index < -0.39 is 0 Å². The molecule has 1 aliphatic carbocycles. The van der Waals surface area contributed by atoms with Gasteiger partial charge in [0.15, 0.2) is 0 Å². The number of benzene rings is 1. The second kappa shape index (κ2) is 7.25. The van der Waals surface area contributed by atoms with Crippen LogP contribution in [0, 0.1) is 6.92 Å². The van der Waals surface area contributed by atoms with Crippen molar-refractivity contribution in [1.82, 2.24) is 4.90 Å². The summed E-state index contributed by atoms with van der Waals surface area (Å²) in [6.45, 7) is 2.20. The minimum Gasteiger partial charge on any atom is -0.391 e. The lowest BCUT2D eigenvalue weighted by Crippen LogP contribution is -2.46. The number of hydrogen-bond acceptors (Lipinski definition) is 3. The second-order valence-corrected chi connectivity index (χ2v) is 6.28. The molecule has 2 unspecified atom stereocenters.